The summed E-state index contributed by atoms with van der Waals surface area (Å²) in [5.41, 5.74) is 0.0202. The number of nitrogens with one attached hydrogen (secondary N) is 1. The van der Waals surface area contributed by atoms with E-state index in [2.05, 4.69) is 10.1 Å². The number of quaternary nitrogens is 1. The van der Waals surface area contributed by atoms with Crippen molar-refractivity contribution in [1.82, 2.24) is 14.6 Å². The van der Waals surface area contributed by atoms with Crippen LogP contribution in [-0.2, 0) is 17.3 Å². The maximum absolute atomic E-state index is 13.0. The maximum Gasteiger partial charge on any atom is 0.416 e. The summed E-state index contributed by atoms with van der Waals surface area (Å²) in [5.74, 6) is 0.633. The van der Waals surface area contributed by atoms with Gasteiger partial charge in [0, 0.05) is 12.0 Å². The van der Waals surface area contributed by atoms with Gasteiger partial charge < -0.3 is 14.7 Å². The Labute approximate surface area is 163 Å². The van der Waals surface area contributed by atoms with Crippen LogP contribution in [0, 0.1) is 0 Å². The number of thiazole rings is 1. The third-order valence-corrected chi connectivity index (χ3v) is 6.02. The Bertz CT molecular complexity index is 962. The number of halogens is 3. The molecular formula is C18H20F3N4O2S+. The molecule has 4 rings (SSSR count). The molecule has 1 aliphatic heterocycles. The fourth-order valence-corrected chi connectivity index (χ4v) is 4.65. The van der Waals surface area contributed by atoms with Crippen molar-refractivity contribution in [3.63, 3.8) is 0 Å². The molecule has 3 aromatic rings. The summed E-state index contributed by atoms with van der Waals surface area (Å²) in [6, 6.07) is 4.84. The first-order valence-electron chi connectivity index (χ1n) is 9.05. The minimum atomic E-state index is -4.38. The van der Waals surface area contributed by atoms with Crippen molar-refractivity contribution < 1.29 is 27.9 Å². The van der Waals surface area contributed by atoms with Gasteiger partial charge in [0.1, 0.15) is 18.0 Å². The molecule has 0 aliphatic carbocycles. The predicted molar refractivity (Wildman–Crippen MR) is 96.7 cm³/mol. The van der Waals surface area contributed by atoms with Gasteiger partial charge in [-0.25, -0.2) is 4.98 Å². The number of aromatic hydroxyl groups is 1. The molecule has 3 heterocycles. The van der Waals surface area contributed by atoms with E-state index < -0.39 is 11.7 Å². The zero-order chi connectivity index (χ0) is 19.9. The van der Waals surface area contributed by atoms with Crippen LogP contribution < -0.4 is 4.90 Å². The quantitative estimate of drug-likeness (QED) is 0.688. The highest BCUT2D eigenvalue weighted by Crippen LogP contribution is 2.36. The van der Waals surface area contributed by atoms with Gasteiger partial charge in [-0.05, 0) is 12.1 Å². The molecule has 0 saturated carbocycles. The maximum atomic E-state index is 13.0. The number of benzene rings is 1. The standard InChI is InChI=1S/C18H19F3N4O2S/c1-2-13-22-17-25(23-13)16(26)15(28-17)14(24-7-9-27-10-8-24)11-3-5-12(6-4-11)18(19,20)21/h3-6,14,26H,2,7-10H2,1H3/p+1/t14-/m1/s1. The van der Waals surface area contributed by atoms with Crippen LogP contribution in [0.3, 0.4) is 0 Å². The van der Waals surface area contributed by atoms with Crippen LogP contribution in [0.1, 0.15) is 34.8 Å². The average molecular weight is 413 g/mol. The summed E-state index contributed by atoms with van der Waals surface area (Å²) in [4.78, 5) is 6.76. The van der Waals surface area contributed by atoms with Gasteiger partial charge in [-0.3, -0.25) is 0 Å². The second kappa shape index (κ2) is 7.34. The fraction of sp³-hybridized carbons (Fsp3) is 0.444. The van der Waals surface area contributed by atoms with Gasteiger partial charge in [0.2, 0.25) is 10.8 Å². The Morgan fingerprint density at radius 1 is 1.25 bits per heavy atom. The number of aromatic nitrogens is 3. The number of hydrogen-bond acceptors (Lipinski definition) is 5. The number of morpholine rings is 1. The molecule has 0 spiro atoms. The molecule has 1 aromatic carbocycles. The van der Waals surface area contributed by atoms with Crippen molar-refractivity contribution in [2.24, 2.45) is 0 Å². The molecule has 1 atom stereocenters. The normalized spacial score (nSPS) is 17.3. The molecule has 150 valence electrons. The topological polar surface area (TPSA) is 64.1 Å². The average Bonchev–Trinajstić information content (AvgIpc) is 3.22. The van der Waals surface area contributed by atoms with Gasteiger partial charge in [0.15, 0.2) is 11.9 Å². The fourth-order valence-electron chi connectivity index (χ4n) is 3.49. The van der Waals surface area contributed by atoms with Gasteiger partial charge in [-0.1, -0.05) is 30.4 Å². The second-order valence-corrected chi connectivity index (χ2v) is 7.70. The van der Waals surface area contributed by atoms with E-state index in [-0.39, 0.29) is 11.9 Å². The van der Waals surface area contributed by atoms with E-state index in [0.717, 1.165) is 17.0 Å². The smallest absolute Gasteiger partial charge is 0.416 e. The zero-order valence-electron chi connectivity index (χ0n) is 15.2. The number of hydrogen-bond donors (Lipinski definition) is 2. The predicted octanol–water partition coefficient (Wildman–Crippen LogP) is 2.08. The highest BCUT2D eigenvalue weighted by molar-refractivity contribution is 7.17. The first-order valence-corrected chi connectivity index (χ1v) is 9.87. The Kier molecular flexibility index (Phi) is 5.02. The van der Waals surface area contributed by atoms with E-state index >= 15 is 0 Å². The number of nitrogens with zero attached hydrogens (tertiary/aromatic N) is 3. The second-order valence-electron chi connectivity index (χ2n) is 6.69. The first-order chi connectivity index (χ1) is 13.4. The van der Waals surface area contributed by atoms with E-state index in [1.165, 1.54) is 28.0 Å². The first kappa shape index (κ1) is 19.2. The minimum absolute atomic E-state index is 0.00362. The molecule has 0 amide bonds. The van der Waals surface area contributed by atoms with E-state index in [4.69, 9.17) is 4.74 Å². The lowest BCUT2D eigenvalue weighted by molar-refractivity contribution is -0.932. The summed E-state index contributed by atoms with van der Waals surface area (Å²) in [7, 11) is 0. The van der Waals surface area contributed by atoms with E-state index in [1.54, 1.807) is 0 Å². The highest BCUT2D eigenvalue weighted by Gasteiger charge is 2.35. The molecular weight excluding hydrogens is 393 g/mol. The van der Waals surface area contributed by atoms with Gasteiger partial charge in [-0.15, -0.1) is 5.10 Å². The van der Waals surface area contributed by atoms with Gasteiger partial charge >= 0.3 is 6.18 Å². The molecule has 10 heteroatoms. The number of fused-ring (bicyclic) bond motifs is 1. The van der Waals surface area contributed by atoms with Crippen molar-refractivity contribution in [1.29, 1.82) is 0 Å². The summed E-state index contributed by atoms with van der Waals surface area (Å²) >= 11 is 1.32. The van der Waals surface area contributed by atoms with Crippen LogP contribution in [0.15, 0.2) is 24.3 Å². The number of alkyl halides is 3. The van der Waals surface area contributed by atoms with Crippen LogP contribution in [0.25, 0.3) is 4.96 Å². The largest absolute Gasteiger partial charge is 0.492 e. The summed E-state index contributed by atoms with van der Waals surface area (Å²) in [6.07, 6.45) is -3.73. The van der Waals surface area contributed by atoms with Gasteiger partial charge in [0.25, 0.3) is 0 Å². The summed E-state index contributed by atoms with van der Waals surface area (Å²) < 4.78 is 45.7. The van der Waals surface area contributed by atoms with Crippen molar-refractivity contribution in [2.45, 2.75) is 25.6 Å². The van der Waals surface area contributed by atoms with Gasteiger partial charge in [-0.2, -0.15) is 17.7 Å². The van der Waals surface area contributed by atoms with Crippen LogP contribution in [0.4, 0.5) is 13.2 Å². The van der Waals surface area contributed by atoms with Crippen molar-refractivity contribution in [2.75, 3.05) is 26.3 Å². The molecule has 28 heavy (non-hydrogen) atoms. The van der Waals surface area contributed by atoms with Crippen LogP contribution >= 0.6 is 11.3 Å². The number of rotatable bonds is 4. The third-order valence-electron chi connectivity index (χ3n) is 4.94. The number of ether oxygens (including phenoxy) is 1. The van der Waals surface area contributed by atoms with Crippen molar-refractivity contribution in [3.8, 4) is 5.88 Å². The van der Waals surface area contributed by atoms with Crippen LogP contribution in [-0.4, -0.2) is 46.0 Å². The molecule has 1 fully saturated rings. The molecule has 2 N–H and O–H groups in total. The van der Waals surface area contributed by atoms with Crippen molar-refractivity contribution >= 4 is 16.3 Å². The molecule has 2 aromatic heterocycles. The van der Waals surface area contributed by atoms with E-state index in [1.807, 2.05) is 6.92 Å². The van der Waals surface area contributed by atoms with Crippen LogP contribution in [0.2, 0.25) is 0 Å². The Morgan fingerprint density at radius 2 is 1.93 bits per heavy atom. The molecule has 1 saturated heterocycles. The SMILES string of the molecule is CCc1nc2sc([C@@H](c3ccc(C(F)(F)F)cc3)[NH+]3CCOCC3)c(O)n2n1. The van der Waals surface area contributed by atoms with Crippen molar-refractivity contribution in [3.05, 3.63) is 46.1 Å². The van der Waals surface area contributed by atoms with Gasteiger partial charge in [0.05, 0.1) is 18.8 Å². The lowest BCUT2D eigenvalue weighted by Crippen LogP contribution is -3.14. The van der Waals surface area contributed by atoms with Crippen LogP contribution in [0.5, 0.6) is 5.88 Å². The monoisotopic (exact) mass is 413 g/mol. The molecule has 0 unspecified atom stereocenters. The van der Waals surface area contributed by atoms with E-state index in [9.17, 15) is 18.3 Å². The zero-order valence-corrected chi connectivity index (χ0v) is 16.0. The lowest BCUT2D eigenvalue weighted by atomic mass is 10.0. The Hall–Kier alpha value is -2.17. The third kappa shape index (κ3) is 3.47. The Balaban J connectivity index is 1.78. The highest BCUT2D eigenvalue weighted by atomic mass is 32.1. The molecule has 6 nitrogen and oxygen atoms in total. The minimum Gasteiger partial charge on any atom is -0.492 e. The number of aryl methyl sites for hydroxylation is 1. The Morgan fingerprint density at radius 3 is 2.50 bits per heavy atom. The summed E-state index contributed by atoms with van der Waals surface area (Å²) in [5, 5.41) is 15.1. The molecule has 0 bridgehead atoms. The molecule has 1 aliphatic rings. The van der Waals surface area contributed by atoms with E-state index in [0.29, 0.717) is 53.9 Å². The summed E-state index contributed by atoms with van der Waals surface area (Å²) in [6.45, 7) is 4.44. The lowest BCUT2D eigenvalue weighted by Gasteiger charge is -2.31. The molecule has 0 radical (unpaired) electrons.